The lowest BCUT2D eigenvalue weighted by Crippen LogP contribution is -2.20. The zero-order valence-electron chi connectivity index (χ0n) is 19.3. The fourth-order valence-electron chi connectivity index (χ4n) is 3.99. The maximum Gasteiger partial charge on any atom is -0.0129 e. The third-order valence-electron chi connectivity index (χ3n) is 5.61. The van der Waals surface area contributed by atoms with E-state index in [9.17, 15) is 0 Å². The summed E-state index contributed by atoms with van der Waals surface area (Å²) in [6.45, 7) is 23.3. The Morgan fingerprint density at radius 2 is 1.22 bits per heavy atom. The number of hydrogen-bond donors (Lipinski definition) is 0. The van der Waals surface area contributed by atoms with Gasteiger partial charge in [-0.3, -0.25) is 0 Å². The summed E-state index contributed by atoms with van der Waals surface area (Å²) in [5, 5.41) is 0. The molecular weight excluding hydrogens is 324 g/mol. The molecule has 0 N–H and O–H groups in total. The highest BCUT2D eigenvalue weighted by atomic mass is 14.3. The number of benzene rings is 2. The van der Waals surface area contributed by atoms with Gasteiger partial charge in [0.25, 0.3) is 0 Å². The summed E-state index contributed by atoms with van der Waals surface area (Å²) in [5.74, 6) is 0.491. The second-order valence-electron chi connectivity index (χ2n) is 11.3. The highest BCUT2D eigenvalue weighted by Gasteiger charge is 2.25. The van der Waals surface area contributed by atoms with Gasteiger partial charge in [-0.25, -0.2) is 0 Å². The van der Waals surface area contributed by atoms with E-state index in [0.29, 0.717) is 5.92 Å². The molecule has 0 aromatic heterocycles. The van der Waals surface area contributed by atoms with E-state index in [1.807, 2.05) is 0 Å². The Hall–Kier alpha value is -1.56. The van der Waals surface area contributed by atoms with Crippen LogP contribution in [-0.4, -0.2) is 0 Å². The fraction of sp³-hybridized carbons (Fsp3) is 0.556. The van der Waals surface area contributed by atoms with Crippen molar-refractivity contribution in [2.75, 3.05) is 0 Å². The van der Waals surface area contributed by atoms with Gasteiger partial charge < -0.3 is 0 Å². The monoisotopic (exact) mass is 364 g/mol. The van der Waals surface area contributed by atoms with Gasteiger partial charge in [-0.2, -0.15) is 0 Å². The fourth-order valence-corrected chi connectivity index (χ4v) is 3.99. The summed E-state index contributed by atoms with van der Waals surface area (Å²) in [7, 11) is 0. The average molecular weight is 365 g/mol. The predicted molar refractivity (Wildman–Crippen MR) is 121 cm³/mol. The first-order valence-corrected chi connectivity index (χ1v) is 10.4. The van der Waals surface area contributed by atoms with Crippen LogP contribution in [0.2, 0.25) is 0 Å². The molecule has 2 aromatic carbocycles. The van der Waals surface area contributed by atoms with E-state index in [1.165, 1.54) is 27.8 Å². The lowest BCUT2D eigenvalue weighted by molar-refractivity contribution is 0.555. The Kier molecular flexibility index (Phi) is 6.00. The number of rotatable bonds is 3. The van der Waals surface area contributed by atoms with Gasteiger partial charge in [0.2, 0.25) is 0 Å². The molecule has 0 spiro atoms. The SMILES string of the molecule is CC(Cc1ccccc1C(C)(C)C)c1cc(C(C)(C)C)ccc1C(C)(C)C. The van der Waals surface area contributed by atoms with Crippen molar-refractivity contribution in [1.29, 1.82) is 0 Å². The average Bonchev–Trinajstić information content (AvgIpc) is 2.52. The first-order valence-electron chi connectivity index (χ1n) is 10.4. The Labute approximate surface area is 168 Å². The molecule has 148 valence electrons. The first-order chi connectivity index (χ1) is 12.2. The predicted octanol–water partition coefficient (Wildman–Crippen LogP) is 7.93. The second-order valence-corrected chi connectivity index (χ2v) is 11.3. The summed E-state index contributed by atoms with van der Waals surface area (Å²) >= 11 is 0. The third kappa shape index (κ3) is 5.24. The van der Waals surface area contributed by atoms with Gasteiger partial charge in [0.05, 0.1) is 0 Å². The van der Waals surface area contributed by atoms with Gasteiger partial charge in [0, 0.05) is 0 Å². The minimum atomic E-state index is 0.156. The zero-order valence-corrected chi connectivity index (χ0v) is 19.3. The molecule has 0 aliphatic heterocycles. The van der Waals surface area contributed by atoms with Crippen LogP contribution in [0.1, 0.15) is 103 Å². The summed E-state index contributed by atoms with van der Waals surface area (Å²) in [4.78, 5) is 0. The quantitative estimate of drug-likeness (QED) is 0.518. The second kappa shape index (κ2) is 7.46. The van der Waals surface area contributed by atoms with Crippen molar-refractivity contribution < 1.29 is 0 Å². The Bertz CT molecular complexity index is 773. The Balaban J connectivity index is 2.51. The van der Waals surface area contributed by atoms with Crippen molar-refractivity contribution in [1.82, 2.24) is 0 Å². The Morgan fingerprint density at radius 3 is 1.74 bits per heavy atom. The van der Waals surface area contributed by atoms with Crippen molar-refractivity contribution in [2.24, 2.45) is 0 Å². The van der Waals surface area contributed by atoms with Crippen LogP contribution in [0.3, 0.4) is 0 Å². The topological polar surface area (TPSA) is 0 Å². The molecule has 0 fully saturated rings. The number of hydrogen-bond acceptors (Lipinski definition) is 0. The molecule has 0 aliphatic carbocycles. The minimum Gasteiger partial charge on any atom is -0.0620 e. The maximum atomic E-state index is 2.48. The van der Waals surface area contributed by atoms with E-state index in [2.05, 4.69) is 112 Å². The van der Waals surface area contributed by atoms with E-state index < -0.39 is 0 Å². The van der Waals surface area contributed by atoms with Gasteiger partial charge >= 0.3 is 0 Å². The van der Waals surface area contributed by atoms with Gasteiger partial charge in [-0.15, -0.1) is 0 Å². The largest absolute Gasteiger partial charge is 0.0620 e. The van der Waals surface area contributed by atoms with Gasteiger partial charge in [0.1, 0.15) is 0 Å². The first kappa shape index (κ1) is 21.7. The summed E-state index contributed by atoms with van der Waals surface area (Å²) in [6, 6.07) is 16.2. The van der Waals surface area contributed by atoms with Crippen LogP contribution in [-0.2, 0) is 22.7 Å². The molecule has 0 aliphatic rings. The summed E-state index contributed by atoms with van der Waals surface area (Å²) in [5.41, 5.74) is 7.89. The molecule has 0 heterocycles. The van der Waals surface area contributed by atoms with E-state index in [1.54, 1.807) is 0 Å². The molecule has 1 atom stereocenters. The van der Waals surface area contributed by atoms with Crippen molar-refractivity contribution in [3.05, 3.63) is 70.3 Å². The third-order valence-corrected chi connectivity index (χ3v) is 5.61. The smallest absolute Gasteiger partial charge is 0.0129 e. The van der Waals surface area contributed by atoms with E-state index in [-0.39, 0.29) is 16.2 Å². The van der Waals surface area contributed by atoms with Crippen molar-refractivity contribution in [2.45, 2.75) is 97.8 Å². The molecule has 0 saturated carbocycles. The van der Waals surface area contributed by atoms with Gasteiger partial charge in [-0.1, -0.05) is 112 Å². The Morgan fingerprint density at radius 1 is 0.667 bits per heavy atom. The molecule has 0 amide bonds. The van der Waals surface area contributed by atoms with Gasteiger partial charge in [0.15, 0.2) is 0 Å². The van der Waals surface area contributed by atoms with Crippen LogP contribution in [0.4, 0.5) is 0 Å². The lowest BCUT2D eigenvalue weighted by Gasteiger charge is -2.30. The lowest BCUT2D eigenvalue weighted by atomic mass is 9.74. The van der Waals surface area contributed by atoms with Gasteiger partial charge in [-0.05, 0) is 56.4 Å². The van der Waals surface area contributed by atoms with Crippen LogP contribution in [0.5, 0.6) is 0 Å². The molecule has 0 radical (unpaired) electrons. The van der Waals surface area contributed by atoms with E-state index in [4.69, 9.17) is 0 Å². The van der Waals surface area contributed by atoms with Crippen LogP contribution >= 0.6 is 0 Å². The maximum absolute atomic E-state index is 2.48. The summed E-state index contributed by atoms with van der Waals surface area (Å²) in [6.07, 6.45) is 1.09. The highest BCUT2D eigenvalue weighted by molar-refractivity contribution is 5.42. The molecule has 0 saturated heterocycles. The molecule has 2 rings (SSSR count). The summed E-state index contributed by atoms with van der Waals surface area (Å²) < 4.78 is 0. The van der Waals surface area contributed by atoms with Crippen LogP contribution in [0.15, 0.2) is 42.5 Å². The molecule has 0 nitrogen and oxygen atoms in total. The molecule has 0 heteroatoms. The molecule has 0 bridgehead atoms. The molecule has 2 aromatic rings. The van der Waals surface area contributed by atoms with E-state index >= 15 is 0 Å². The van der Waals surface area contributed by atoms with Crippen LogP contribution in [0, 0.1) is 0 Å². The van der Waals surface area contributed by atoms with E-state index in [0.717, 1.165) is 6.42 Å². The van der Waals surface area contributed by atoms with Crippen molar-refractivity contribution in [3.63, 3.8) is 0 Å². The molecular formula is C27H40. The van der Waals surface area contributed by atoms with Crippen LogP contribution in [0.25, 0.3) is 0 Å². The molecule has 27 heavy (non-hydrogen) atoms. The standard InChI is InChI=1S/C27H40/c1-19(17-20-13-11-12-14-23(20)26(5,6)7)22-18-21(25(2,3)4)15-16-24(22)27(8,9)10/h11-16,18-19H,17H2,1-10H3. The highest BCUT2D eigenvalue weighted by Crippen LogP contribution is 2.37. The molecule has 1 unspecified atom stereocenters. The normalized spacial score (nSPS) is 14.3. The zero-order chi connectivity index (χ0) is 20.6. The van der Waals surface area contributed by atoms with Crippen molar-refractivity contribution in [3.8, 4) is 0 Å². The van der Waals surface area contributed by atoms with Crippen molar-refractivity contribution >= 4 is 0 Å². The van der Waals surface area contributed by atoms with Crippen LogP contribution < -0.4 is 0 Å². The minimum absolute atomic E-state index is 0.156.